The number of amides is 1. The van der Waals surface area contributed by atoms with Gasteiger partial charge in [-0.3, -0.25) is 4.79 Å². The number of hydrogen-bond donors (Lipinski definition) is 1. The summed E-state index contributed by atoms with van der Waals surface area (Å²) < 4.78 is 8.08. The number of nitrogens with one attached hydrogen (secondary N) is 1. The fourth-order valence-corrected chi connectivity index (χ4v) is 3.88. The summed E-state index contributed by atoms with van der Waals surface area (Å²) in [5.41, 5.74) is 1.54. The summed E-state index contributed by atoms with van der Waals surface area (Å²) >= 11 is 0. The van der Waals surface area contributed by atoms with Crippen molar-refractivity contribution in [3.05, 3.63) is 48.0 Å². The summed E-state index contributed by atoms with van der Waals surface area (Å²) in [6.07, 6.45) is 8.62. The monoisotopic (exact) mass is 311 g/mol. The lowest BCUT2D eigenvalue weighted by atomic mass is 9.86. The highest BCUT2D eigenvalue weighted by molar-refractivity contribution is 5.92. The van der Waals surface area contributed by atoms with Crippen molar-refractivity contribution in [2.45, 2.75) is 43.7 Å². The Morgan fingerprint density at radius 3 is 2.87 bits per heavy atom. The molecule has 0 saturated heterocycles. The third-order valence-electron chi connectivity index (χ3n) is 5.07. The third-order valence-corrected chi connectivity index (χ3v) is 5.07. The minimum absolute atomic E-state index is 0.0135. The van der Waals surface area contributed by atoms with Gasteiger partial charge in [0.15, 0.2) is 0 Å². The maximum atomic E-state index is 12.6. The van der Waals surface area contributed by atoms with Crippen molar-refractivity contribution in [1.29, 1.82) is 0 Å². The number of carbonyl (C=O) groups excluding carboxylic acids is 1. The largest absolute Gasteiger partial charge is 0.487 e. The number of para-hydroxylation sites is 1. The van der Waals surface area contributed by atoms with Gasteiger partial charge in [0, 0.05) is 19.0 Å². The van der Waals surface area contributed by atoms with Crippen molar-refractivity contribution in [3.63, 3.8) is 0 Å². The fraction of sp³-hybridized carbons (Fsp3) is 0.444. The van der Waals surface area contributed by atoms with E-state index in [-0.39, 0.29) is 17.6 Å². The van der Waals surface area contributed by atoms with Gasteiger partial charge >= 0.3 is 0 Å². The molecule has 1 aromatic carbocycles. The maximum absolute atomic E-state index is 12.6. The number of ether oxygens (including phenoxy) is 1. The summed E-state index contributed by atoms with van der Waals surface area (Å²) in [7, 11) is 1.83. The maximum Gasteiger partial charge on any atom is 0.270 e. The molecule has 23 heavy (non-hydrogen) atoms. The predicted octanol–water partition coefficient (Wildman–Crippen LogP) is 2.99. The van der Waals surface area contributed by atoms with Crippen molar-refractivity contribution >= 4 is 5.91 Å². The van der Waals surface area contributed by atoms with Crippen LogP contribution < -0.4 is 10.1 Å². The van der Waals surface area contributed by atoms with E-state index in [2.05, 4.69) is 10.3 Å². The van der Waals surface area contributed by atoms with Gasteiger partial charge in [0.05, 0.1) is 18.6 Å². The molecule has 1 aliphatic carbocycles. The Morgan fingerprint density at radius 2 is 2.13 bits per heavy atom. The molecule has 2 aliphatic rings. The molecular weight excluding hydrogens is 290 g/mol. The van der Waals surface area contributed by atoms with Gasteiger partial charge in [-0.15, -0.1) is 0 Å². The van der Waals surface area contributed by atoms with Gasteiger partial charge in [0.1, 0.15) is 17.0 Å². The van der Waals surface area contributed by atoms with Crippen LogP contribution in [0, 0.1) is 0 Å². The summed E-state index contributed by atoms with van der Waals surface area (Å²) in [5, 5.41) is 3.19. The van der Waals surface area contributed by atoms with Crippen LogP contribution in [0.15, 0.2) is 36.8 Å². The minimum Gasteiger partial charge on any atom is -0.487 e. The van der Waals surface area contributed by atoms with Crippen molar-refractivity contribution < 1.29 is 9.53 Å². The Labute approximate surface area is 135 Å². The van der Waals surface area contributed by atoms with Gasteiger partial charge < -0.3 is 14.6 Å². The van der Waals surface area contributed by atoms with Crippen LogP contribution in [0.5, 0.6) is 5.75 Å². The standard InChI is InChI=1S/C18H21N3O2/c1-21-12-19-11-15(21)17(22)20-14-10-18(8-4-5-9-18)23-16-7-3-2-6-13(14)16/h2-3,6-7,11-12,14H,4-5,8-10H2,1H3,(H,20,22)/t14-/m0/s1. The van der Waals surface area contributed by atoms with Crippen LogP contribution in [0.2, 0.25) is 0 Å². The van der Waals surface area contributed by atoms with E-state index in [1.54, 1.807) is 17.1 Å². The first-order chi connectivity index (χ1) is 11.2. The number of hydrogen-bond acceptors (Lipinski definition) is 3. The highest BCUT2D eigenvalue weighted by atomic mass is 16.5. The van der Waals surface area contributed by atoms with Gasteiger partial charge in [-0.05, 0) is 31.7 Å². The molecule has 0 unspecified atom stereocenters. The lowest BCUT2D eigenvalue weighted by Crippen LogP contribution is -2.43. The number of rotatable bonds is 2. The highest BCUT2D eigenvalue weighted by Gasteiger charge is 2.43. The number of benzene rings is 1. The fourth-order valence-electron chi connectivity index (χ4n) is 3.88. The average molecular weight is 311 g/mol. The second-order valence-corrected chi connectivity index (χ2v) is 6.65. The molecule has 1 N–H and O–H groups in total. The molecule has 1 aromatic heterocycles. The van der Waals surface area contributed by atoms with Gasteiger partial charge in [-0.1, -0.05) is 18.2 Å². The second-order valence-electron chi connectivity index (χ2n) is 6.65. The van der Waals surface area contributed by atoms with Crippen LogP contribution in [-0.2, 0) is 7.05 Å². The molecule has 1 spiro atoms. The Morgan fingerprint density at radius 1 is 1.35 bits per heavy atom. The average Bonchev–Trinajstić information content (AvgIpc) is 3.16. The lowest BCUT2D eigenvalue weighted by molar-refractivity contribution is 0.0359. The van der Waals surface area contributed by atoms with E-state index in [0.29, 0.717) is 5.69 Å². The summed E-state index contributed by atoms with van der Waals surface area (Å²) in [6.45, 7) is 0. The first-order valence-corrected chi connectivity index (χ1v) is 8.22. The van der Waals surface area contributed by atoms with Crippen molar-refractivity contribution in [1.82, 2.24) is 14.9 Å². The molecule has 1 aliphatic heterocycles. The topological polar surface area (TPSA) is 56.2 Å². The molecule has 0 bridgehead atoms. The molecule has 2 aromatic rings. The molecule has 5 nitrogen and oxygen atoms in total. The Kier molecular flexibility index (Phi) is 3.36. The molecular formula is C18H21N3O2. The summed E-state index contributed by atoms with van der Waals surface area (Å²) in [6, 6.07) is 8.04. The first kappa shape index (κ1) is 14.3. The Balaban J connectivity index is 1.64. The SMILES string of the molecule is Cn1cncc1C(=O)N[C@H]1CC2(CCCC2)Oc2ccccc21. The van der Waals surface area contributed by atoms with E-state index >= 15 is 0 Å². The number of aryl methyl sites for hydroxylation is 1. The van der Waals surface area contributed by atoms with E-state index in [1.165, 1.54) is 12.8 Å². The van der Waals surface area contributed by atoms with E-state index in [9.17, 15) is 4.79 Å². The zero-order chi connectivity index (χ0) is 15.9. The van der Waals surface area contributed by atoms with E-state index in [4.69, 9.17) is 4.74 Å². The van der Waals surface area contributed by atoms with Crippen LogP contribution in [-0.4, -0.2) is 21.1 Å². The second kappa shape index (κ2) is 5.41. The van der Waals surface area contributed by atoms with Crippen molar-refractivity contribution in [2.75, 3.05) is 0 Å². The van der Waals surface area contributed by atoms with Gasteiger partial charge in [0.2, 0.25) is 0 Å². The normalized spacial score (nSPS) is 21.7. The summed E-state index contributed by atoms with van der Waals surface area (Å²) in [4.78, 5) is 16.6. The summed E-state index contributed by atoms with van der Waals surface area (Å²) in [5.74, 6) is 0.829. The lowest BCUT2D eigenvalue weighted by Gasteiger charge is -2.40. The zero-order valence-corrected chi connectivity index (χ0v) is 13.3. The van der Waals surface area contributed by atoms with Gasteiger partial charge in [-0.2, -0.15) is 0 Å². The third kappa shape index (κ3) is 2.50. The van der Waals surface area contributed by atoms with Crippen molar-refractivity contribution in [2.24, 2.45) is 7.05 Å². The number of imidazole rings is 1. The molecule has 1 saturated carbocycles. The van der Waals surface area contributed by atoms with Gasteiger partial charge in [-0.25, -0.2) is 4.98 Å². The molecule has 5 heteroatoms. The van der Waals surface area contributed by atoms with Crippen molar-refractivity contribution in [3.8, 4) is 5.75 Å². The molecule has 2 heterocycles. The number of carbonyl (C=O) groups is 1. The number of aromatic nitrogens is 2. The minimum atomic E-state index is -0.112. The number of fused-ring (bicyclic) bond motifs is 1. The smallest absolute Gasteiger partial charge is 0.270 e. The van der Waals surface area contributed by atoms with Crippen LogP contribution in [0.4, 0.5) is 0 Å². The molecule has 4 rings (SSSR count). The zero-order valence-electron chi connectivity index (χ0n) is 13.3. The molecule has 1 fully saturated rings. The van der Waals surface area contributed by atoms with E-state index in [1.807, 2.05) is 31.3 Å². The van der Waals surface area contributed by atoms with Crippen LogP contribution in [0.1, 0.15) is 54.2 Å². The van der Waals surface area contributed by atoms with Crippen LogP contribution in [0.25, 0.3) is 0 Å². The van der Waals surface area contributed by atoms with E-state index < -0.39 is 0 Å². The molecule has 1 atom stereocenters. The predicted molar refractivity (Wildman–Crippen MR) is 86.3 cm³/mol. The Bertz CT molecular complexity index is 731. The van der Waals surface area contributed by atoms with Crippen LogP contribution in [0.3, 0.4) is 0 Å². The van der Waals surface area contributed by atoms with Gasteiger partial charge in [0.25, 0.3) is 5.91 Å². The highest BCUT2D eigenvalue weighted by Crippen LogP contribution is 2.47. The van der Waals surface area contributed by atoms with E-state index in [0.717, 1.165) is 30.6 Å². The molecule has 120 valence electrons. The first-order valence-electron chi connectivity index (χ1n) is 8.22. The number of nitrogens with zero attached hydrogens (tertiary/aromatic N) is 2. The van der Waals surface area contributed by atoms with Crippen LogP contribution >= 0.6 is 0 Å². The quantitative estimate of drug-likeness (QED) is 0.927. The molecule has 0 radical (unpaired) electrons. The molecule has 1 amide bonds. The Hall–Kier alpha value is -2.30.